The molecule has 0 saturated heterocycles. The quantitative estimate of drug-likeness (QED) is 0.488. The maximum Gasteiger partial charge on any atom is 0.182 e. The number of anilines is 1. The molecule has 0 fully saturated rings. The van der Waals surface area contributed by atoms with E-state index in [2.05, 4.69) is 18.7 Å². The monoisotopic (exact) mass is 386 g/mol. The van der Waals surface area contributed by atoms with E-state index in [1.807, 2.05) is 18.2 Å². The van der Waals surface area contributed by atoms with Crippen LogP contribution in [-0.4, -0.2) is 19.1 Å². The third kappa shape index (κ3) is 3.25. The van der Waals surface area contributed by atoms with Crippen molar-refractivity contribution >= 4 is 22.6 Å². The van der Waals surface area contributed by atoms with E-state index in [1.165, 1.54) is 18.2 Å². The third-order valence-corrected chi connectivity index (χ3v) is 5.22. The summed E-state index contributed by atoms with van der Waals surface area (Å²) in [5, 5.41) is 12.5. The number of fused-ring (bicyclic) bond motifs is 2. The van der Waals surface area contributed by atoms with Crippen molar-refractivity contribution in [3.8, 4) is 22.5 Å². The molecule has 5 heteroatoms. The Morgan fingerprint density at radius 1 is 0.966 bits per heavy atom. The van der Waals surface area contributed by atoms with Gasteiger partial charge in [0.25, 0.3) is 0 Å². The molecule has 1 aliphatic heterocycles. The third-order valence-electron chi connectivity index (χ3n) is 5.22. The van der Waals surface area contributed by atoms with Gasteiger partial charge in [0.15, 0.2) is 5.43 Å². The number of carboxylic acid groups (broad SMARTS) is 1. The molecule has 0 saturated carbocycles. The Balaban J connectivity index is 2.12. The predicted octanol–water partition coefficient (Wildman–Crippen LogP) is 3.77. The first-order chi connectivity index (χ1) is 14.0. The minimum Gasteiger partial charge on any atom is -0.545 e. The van der Waals surface area contributed by atoms with Gasteiger partial charge in [0.1, 0.15) is 11.3 Å². The van der Waals surface area contributed by atoms with Gasteiger partial charge in [0.05, 0.1) is 5.97 Å². The average molecular weight is 386 g/mol. The summed E-state index contributed by atoms with van der Waals surface area (Å²) >= 11 is 0. The fraction of sp³-hybridized carbons (Fsp3) is 0.167. The van der Waals surface area contributed by atoms with E-state index in [1.54, 1.807) is 24.3 Å². The van der Waals surface area contributed by atoms with Gasteiger partial charge in [-0.2, -0.15) is 0 Å². The van der Waals surface area contributed by atoms with E-state index in [4.69, 9.17) is 4.42 Å². The highest BCUT2D eigenvalue weighted by atomic mass is 16.4. The standard InChI is InChI=1S/C24H21NO4/c1-3-25(4-2)15-9-11-19-21(13-15)29-22-14-16(26)10-12-20(22)23(19)17-7-5-6-8-18(17)24(27)28/h5-14H,3-4H2,1-2H3,(H,27,28)/p-1. The highest BCUT2D eigenvalue weighted by Crippen LogP contribution is 2.41. The van der Waals surface area contributed by atoms with Crippen LogP contribution in [0.1, 0.15) is 24.2 Å². The molecule has 2 aromatic carbocycles. The Morgan fingerprint density at radius 3 is 2.45 bits per heavy atom. The van der Waals surface area contributed by atoms with Crippen LogP contribution in [0.25, 0.3) is 33.4 Å². The predicted molar refractivity (Wildman–Crippen MR) is 112 cm³/mol. The van der Waals surface area contributed by atoms with Crippen LogP contribution in [0, 0.1) is 0 Å². The number of benzene rings is 3. The molecule has 0 atom stereocenters. The number of carbonyl (C=O) groups is 1. The van der Waals surface area contributed by atoms with E-state index in [0.717, 1.165) is 24.2 Å². The van der Waals surface area contributed by atoms with Crippen LogP contribution in [0.4, 0.5) is 5.69 Å². The molecule has 0 bridgehead atoms. The topological polar surface area (TPSA) is 73.6 Å². The summed E-state index contributed by atoms with van der Waals surface area (Å²) in [4.78, 5) is 25.9. The fourth-order valence-corrected chi connectivity index (χ4v) is 3.81. The molecule has 0 N–H and O–H groups in total. The van der Waals surface area contributed by atoms with Crippen LogP contribution < -0.4 is 15.4 Å². The van der Waals surface area contributed by atoms with Crippen molar-refractivity contribution in [2.45, 2.75) is 13.8 Å². The van der Waals surface area contributed by atoms with Crippen molar-refractivity contribution in [3.63, 3.8) is 0 Å². The zero-order chi connectivity index (χ0) is 20.5. The van der Waals surface area contributed by atoms with Gasteiger partial charge in [-0.1, -0.05) is 24.3 Å². The Bertz CT molecular complexity index is 1240. The van der Waals surface area contributed by atoms with Crippen LogP contribution >= 0.6 is 0 Å². The zero-order valence-electron chi connectivity index (χ0n) is 16.3. The lowest BCUT2D eigenvalue weighted by atomic mass is 9.90. The zero-order valence-corrected chi connectivity index (χ0v) is 16.3. The van der Waals surface area contributed by atoms with Crippen molar-refractivity contribution in [3.05, 3.63) is 76.5 Å². The normalized spacial score (nSPS) is 11.1. The number of nitrogens with zero attached hydrogens (tertiary/aromatic N) is 1. The molecule has 0 unspecified atom stereocenters. The van der Waals surface area contributed by atoms with Gasteiger partial charge in [-0.3, -0.25) is 4.79 Å². The Morgan fingerprint density at radius 2 is 1.72 bits per heavy atom. The molecule has 2 aliphatic rings. The SMILES string of the molecule is CCN(CC)c1ccc2c(-c3ccccc3C(=O)[O-])c3ccc(=O)cc-3oc2c1. The Hall–Kier alpha value is -3.60. The number of aromatic carboxylic acids is 1. The number of rotatable bonds is 5. The summed E-state index contributed by atoms with van der Waals surface area (Å²) < 4.78 is 6.08. The van der Waals surface area contributed by atoms with Gasteiger partial charge in [-0.05, 0) is 43.7 Å². The number of hydrogen-bond acceptors (Lipinski definition) is 5. The first kappa shape index (κ1) is 18.7. The van der Waals surface area contributed by atoms with E-state index in [9.17, 15) is 14.7 Å². The molecular formula is C24H20NO4-. The fourth-order valence-electron chi connectivity index (χ4n) is 3.81. The molecule has 0 aromatic heterocycles. The molecular weight excluding hydrogens is 366 g/mol. The second-order valence-electron chi connectivity index (χ2n) is 6.82. The first-order valence-corrected chi connectivity index (χ1v) is 9.59. The lowest BCUT2D eigenvalue weighted by Crippen LogP contribution is -2.23. The molecule has 146 valence electrons. The summed E-state index contributed by atoms with van der Waals surface area (Å²) in [6, 6.07) is 17.2. The van der Waals surface area contributed by atoms with Crippen LogP contribution in [-0.2, 0) is 0 Å². The Kier molecular flexibility index (Phi) is 4.80. The van der Waals surface area contributed by atoms with Crippen molar-refractivity contribution < 1.29 is 14.3 Å². The molecule has 29 heavy (non-hydrogen) atoms. The molecule has 0 radical (unpaired) electrons. The van der Waals surface area contributed by atoms with Crippen molar-refractivity contribution in [1.29, 1.82) is 0 Å². The van der Waals surface area contributed by atoms with Gasteiger partial charge in [-0.15, -0.1) is 0 Å². The largest absolute Gasteiger partial charge is 0.545 e. The minimum absolute atomic E-state index is 0.0975. The maximum atomic E-state index is 11.9. The van der Waals surface area contributed by atoms with Crippen molar-refractivity contribution in [2.75, 3.05) is 18.0 Å². The molecule has 1 aliphatic carbocycles. The average Bonchev–Trinajstić information content (AvgIpc) is 2.72. The highest BCUT2D eigenvalue weighted by molar-refractivity contribution is 6.07. The van der Waals surface area contributed by atoms with Gasteiger partial charge in [-0.25, -0.2) is 0 Å². The van der Waals surface area contributed by atoms with E-state index >= 15 is 0 Å². The lowest BCUT2D eigenvalue weighted by Gasteiger charge is -2.23. The second kappa shape index (κ2) is 7.43. The summed E-state index contributed by atoms with van der Waals surface area (Å²) in [5.41, 5.74) is 3.46. The van der Waals surface area contributed by atoms with Gasteiger partial charge in [0, 0.05) is 53.0 Å². The molecule has 2 aromatic rings. The first-order valence-electron chi connectivity index (χ1n) is 9.59. The number of hydrogen-bond donors (Lipinski definition) is 0. The smallest absolute Gasteiger partial charge is 0.182 e. The molecule has 5 nitrogen and oxygen atoms in total. The van der Waals surface area contributed by atoms with E-state index < -0.39 is 5.97 Å². The number of carboxylic acids is 1. The second-order valence-corrected chi connectivity index (χ2v) is 6.82. The molecule has 1 heterocycles. The van der Waals surface area contributed by atoms with E-state index in [0.29, 0.717) is 28.0 Å². The van der Waals surface area contributed by atoms with Gasteiger partial charge in [0.2, 0.25) is 0 Å². The Labute approximate surface area is 168 Å². The number of carbonyl (C=O) groups excluding carboxylic acids is 1. The van der Waals surface area contributed by atoms with Crippen LogP contribution in [0.2, 0.25) is 0 Å². The highest BCUT2D eigenvalue weighted by Gasteiger charge is 2.20. The van der Waals surface area contributed by atoms with Crippen LogP contribution in [0.5, 0.6) is 0 Å². The summed E-state index contributed by atoms with van der Waals surface area (Å²) in [5.74, 6) is -0.826. The summed E-state index contributed by atoms with van der Waals surface area (Å²) in [6.07, 6.45) is 0. The lowest BCUT2D eigenvalue weighted by molar-refractivity contribution is -0.254. The van der Waals surface area contributed by atoms with Crippen molar-refractivity contribution in [2.24, 2.45) is 0 Å². The molecule has 0 spiro atoms. The van der Waals surface area contributed by atoms with Crippen molar-refractivity contribution in [1.82, 2.24) is 0 Å². The van der Waals surface area contributed by atoms with Crippen LogP contribution in [0.3, 0.4) is 0 Å². The minimum atomic E-state index is -1.25. The van der Waals surface area contributed by atoms with E-state index in [-0.39, 0.29) is 11.0 Å². The molecule has 4 rings (SSSR count). The van der Waals surface area contributed by atoms with Gasteiger partial charge < -0.3 is 19.2 Å². The van der Waals surface area contributed by atoms with Gasteiger partial charge >= 0.3 is 0 Å². The summed E-state index contributed by atoms with van der Waals surface area (Å²) in [6.45, 7) is 5.86. The van der Waals surface area contributed by atoms with Crippen LogP contribution in [0.15, 0.2) is 69.9 Å². The summed E-state index contributed by atoms with van der Waals surface area (Å²) in [7, 11) is 0. The maximum absolute atomic E-state index is 11.9. The molecule has 0 amide bonds.